The van der Waals surface area contributed by atoms with Crippen molar-refractivity contribution in [1.29, 1.82) is 0 Å². The monoisotopic (exact) mass is 388 g/mol. The molecule has 3 rings (SSSR count). The van der Waals surface area contributed by atoms with E-state index < -0.39 is 6.03 Å². The minimum atomic E-state index is -0.628. The van der Waals surface area contributed by atoms with Crippen LogP contribution in [0.15, 0.2) is 48.5 Å². The molecule has 0 atom stereocenters. The lowest BCUT2D eigenvalue weighted by Crippen LogP contribution is -2.50. The maximum Gasteiger partial charge on any atom is 0.316 e. The highest BCUT2D eigenvalue weighted by atomic mass is 35.5. The first-order chi connectivity index (χ1) is 13.0. The molecule has 142 valence electrons. The molecule has 0 bridgehead atoms. The van der Waals surface area contributed by atoms with Gasteiger partial charge in [-0.3, -0.25) is 4.79 Å². The smallest absolute Gasteiger partial charge is 0.316 e. The lowest BCUT2D eigenvalue weighted by molar-refractivity contribution is -0.133. The number of nitrogens with zero attached hydrogens (tertiary/aromatic N) is 2. The number of ether oxygens (including phenoxy) is 1. The summed E-state index contributed by atoms with van der Waals surface area (Å²) in [4.78, 5) is 27.2. The maximum absolute atomic E-state index is 12.4. The highest BCUT2D eigenvalue weighted by Crippen LogP contribution is 2.20. The first-order valence-electron chi connectivity index (χ1n) is 8.59. The van der Waals surface area contributed by atoms with Gasteiger partial charge in [-0.2, -0.15) is 0 Å². The third-order valence-corrected chi connectivity index (χ3v) is 4.56. The highest BCUT2D eigenvalue weighted by molar-refractivity contribution is 6.30. The molecule has 1 heterocycles. The molecule has 1 aliphatic heterocycles. The first-order valence-corrected chi connectivity index (χ1v) is 8.97. The molecule has 0 unspecified atom stereocenters. The summed E-state index contributed by atoms with van der Waals surface area (Å²) < 4.78 is 5.54. The largest absolute Gasteiger partial charge is 0.484 e. The number of piperazine rings is 1. The minimum absolute atomic E-state index is 0.0243. The number of nitrogens with two attached hydrogens (primary N) is 1. The van der Waals surface area contributed by atoms with Gasteiger partial charge in [-0.05, 0) is 48.5 Å². The molecular formula is C19H21ClN4O3. The van der Waals surface area contributed by atoms with Crippen molar-refractivity contribution in [2.45, 2.75) is 0 Å². The van der Waals surface area contributed by atoms with Crippen molar-refractivity contribution in [3.63, 3.8) is 0 Å². The van der Waals surface area contributed by atoms with Crippen molar-refractivity contribution < 1.29 is 14.3 Å². The van der Waals surface area contributed by atoms with Gasteiger partial charge in [0.25, 0.3) is 5.91 Å². The van der Waals surface area contributed by atoms with Crippen LogP contribution in [0, 0.1) is 0 Å². The number of hydrogen-bond donors (Lipinski definition) is 2. The maximum atomic E-state index is 12.4. The van der Waals surface area contributed by atoms with Crippen molar-refractivity contribution in [1.82, 2.24) is 4.90 Å². The molecule has 0 spiro atoms. The fourth-order valence-electron chi connectivity index (χ4n) is 2.88. The zero-order chi connectivity index (χ0) is 19.2. The van der Waals surface area contributed by atoms with E-state index in [0.717, 1.165) is 18.8 Å². The van der Waals surface area contributed by atoms with Crippen LogP contribution in [-0.2, 0) is 4.79 Å². The molecule has 0 aromatic heterocycles. The van der Waals surface area contributed by atoms with Crippen LogP contribution in [0.3, 0.4) is 0 Å². The number of urea groups is 1. The Bertz CT molecular complexity index is 788. The van der Waals surface area contributed by atoms with Crippen molar-refractivity contribution in [3.8, 4) is 5.75 Å². The number of halogens is 1. The van der Waals surface area contributed by atoms with E-state index in [9.17, 15) is 9.59 Å². The number of benzene rings is 2. The fraction of sp³-hybridized carbons (Fsp3) is 0.263. The Hall–Kier alpha value is -2.93. The van der Waals surface area contributed by atoms with Gasteiger partial charge in [-0.15, -0.1) is 0 Å². The van der Waals surface area contributed by atoms with Crippen molar-refractivity contribution in [3.05, 3.63) is 53.6 Å². The number of carbonyl (C=O) groups excluding carboxylic acids is 2. The molecule has 2 aromatic rings. The van der Waals surface area contributed by atoms with Crippen LogP contribution in [0.1, 0.15) is 0 Å². The molecule has 3 N–H and O–H groups in total. The van der Waals surface area contributed by atoms with Crippen LogP contribution in [0.2, 0.25) is 5.02 Å². The predicted octanol–water partition coefficient (Wildman–Crippen LogP) is 2.56. The molecule has 27 heavy (non-hydrogen) atoms. The lowest BCUT2D eigenvalue weighted by Gasteiger charge is -2.36. The molecule has 7 nitrogen and oxygen atoms in total. The van der Waals surface area contributed by atoms with Crippen LogP contribution >= 0.6 is 11.6 Å². The third kappa shape index (κ3) is 5.27. The van der Waals surface area contributed by atoms with Crippen molar-refractivity contribution >= 4 is 34.9 Å². The quantitative estimate of drug-likeness (QED) is 0.824. The summed E-state index contributed by atoms with van der Waals surface area (Å²) >= 11 is 5.92. The molecule has 8 heteroatoms. The van der Waals surface area contributed by atoms with Gasteiger partial charge < -0.3 is 25.6 Å². The van der Waals surface area contributed by atoms with Gasteiger partial charge in [0.1, 0.15) is 5.75 Å². The van der Waals surface area contributed by atoms with Crippen LogP contribution < -0.4 is 20.7 Å². The molecule has 0 saturated carbocycles. The predicted molar refractivity (Wildman–Crippen MR) is 105 cm³/mol. The number of rotatable bonds is 5. The Morgan fingerprint density at radius 1 is 1.00 bits per heavy atom. The van der Waals surface area contributed by atoms with E-state index in [1.165, 1.54) is 0 Å². The summed E-state index contributed by atoms with van der Waals surface area (Å²) in [5.74, 6) is 0.503. The van der Waals surface area contributed by atoms with Crippen LogP contribution in [0.5, 0.6) is 5.75 Å². The second kappa shape index (κ2) is 8.64. The van der Waals surface area contributed by atoms with Gasteiger partial charge >= 0.3 is 6.03 Å². The standard InChI is InChI=1S/C19H21ClN4O3/c20-14-1-5-16(6-2-14)23-9-11-24(12-10-23)18(25)13-27-17-7-3-15(4-8-17)22-19(21)26/h1-8H,9-13H2,(H3,21,22,26). The van der Waals surface area contributed by atoms with E-state index in [1.54, 1.807) is 29.2 Å². The Labute approximate surface area is 162 Å². The first kappa shape index (κ1) is 18.8. The van der Waals surface area contributed by atoms with Crippen molar-refractivity contribution in [2.75, 3.05) is 43.0 Å². The van der Waals surface area contributed by atoms with Crippen molar-refractivity contribution in [2.24, 2.45) is 5.73 Å². The summed E-state index contributed by atoms with van der Waals surface area (Å²) in [7, 11) is 0. The van der Waals surface area contributed by atoms with Gasteiger partial charge in [0.2, 0.25) is 0 Å². The Balaban J connectivity index is 1.45. The van der Waals surface area contributed by atoms with Gasteiger partial charge in [0.15, 0.2) is 6.61 Å². The molecule has 0 aliphatic carbocycles. The molecule has 2 aromatic carbocycles. The number of nitrogens with one attached hydrogen (secondary N) is 1. The number of amides is 3. The van der Waals surface area contributed by atoms with E-state index in [0.29, 0.717) is 29.5 Å². The van der Waals surface area contributed by atoms with E-state index in [-0.39, 0.29) is 12.5 Å². The van der Waals surface area contributed by atoms with Crippen LogP contribution in [0.4, 0.5) is 16.2 Å². The second-order valence-corrected chi connectivity index (χ2v) is 6.58. The molecule has 0 radical (unpaired) electrons. The number of carbonyl (C=O) groups is 2. The summed E-state index contributed by atoms with van der Waals surface area (Å²) in [6.45, 7) is 2.80. The SMILES string of the molecule is NC(=O)Nc1ccc(OCC(=O)N2CCN(c3ccc(Cl)cc3)CC2)cc1. The summed E-state index contributed by atoms with van der Waals surface area (Å²) in [5, 5.41) is 3.18. The molecule has 1 fully saturated rings. The summed E-state index contributed by atoms with van der Waals surface area (Å²) in [6.07, 6.45) is 0. The third-order valence-electron chi connectivity index (χ3n) is 4.31. The molecule has 1 aliphatic rings. The van der Waals surface area contributed by atoms with Gasteiger partial charge in [-0.1, -0.05) is 11.6 Å². The summed E-state index contributed by atoms with van der Waals surface area (Å²) in [5.41, 5.74) is 6.73. The van der Waals surface area contributed by atoms with E-state index >= 15 is 0 Å². The zero-order valence-corrected chi connectivity index (χ0v) is 15.5. The average Bonchev–Trinajstić information content (AvgIpc) is 2.67. The fourth-order valence-corrected chi connectivity index (χ4v) is 3.01. The number of primary amides is 1. The number of hydrogen-bond acceptors (Lipinski definition) is 4. The molecular weight excluding hydrogens is 368 g/mol. The van der Waals surface area contributed by atoms with Crippen LogP contribution in [0.25, 0.3) is 0 Å². The van der Waals surface area contributed by atoms with Gasteiger partial charge in [0, 0.05) is 42.6 Å². The van der Waals surface area contributed by atoms with Crippen LogP contribution in [-0.4, -0.2) is 49.6 Å². The zero-order valence-electron chi connectivity index (χ0n) is 14.7. The number of anilines is 2. The Morgan fingerprint density at radius 2 is 1.63 bits per heavy atom. The van der Waals surface area contributed by atoms with E-state index in [2.05, 4.69) is 10.2 Å². The van der Waals surface area contributed by atoms with E-state index in [4.69, 9.17) is 22.1 Å². The van der Waals surface area contributed by atoms with E-state index in [1.807, 2.05) is 24.3 Å². The normalized spacial score (nSPS) is 14.0. The lowest BCUT2D eigenvalue weighted by atomic mass is 10.2. The topological polar surface area (TPSA) is 87.9 Å². The second-order valence-electron chi connectivity index (χ2n) is 6.15. The average molecular weight is 389 g/mol. The molecule has 1 saturated heterocycles. The van der Waals surface area contributed by atoms with Gasteiger partial charge in [-0.25, -0.2) is 4.79 Å². The summed E-state index contributed by atoms with van der Waals surface area (Å²) in [6, 6.07) is 13.8. The molecule has 3 amide bonds. The van der Waals surface area contributed by atoms with Gasteiger partial charge in [0.05, 0.1) is 0 Å². The Kier molecular flexibility index (Phi) is 6.03. The minimum Gasteiger partial charge on any atom is -0.484 e. The highest BCUT2D eigenvalue weighted by Gasteiger charge is 2.21. The Morgan fingerprint density at radius 3 is 2.22 bits per heavy atom.